The first-order valence-corrected chi connectivity index (χ1v) is 19.3. The first-order valence-electron chi connectivity index (χ1n) is 17.8. The molecule has 0 aliphatic carbocycles. The number of amides is 1. The van der Waals surface area contributed by atoms with Crippen LogP contribution in [0.15, 0.2) is 0 Å². The van der Waals surface area contributed by atoms with E-state index in [1.54, 1.807) is 7.11 Å². The van der Waals surface area contributed by atoms with Gasteiger partial charge in [-0.3, -0.25) is 13.8 Å². The SMILES string of the molecule is CCCCCCCCCCCCCCCCCC(=O)OCCCOP(=O)(O)OCCNC(=O)OCCOCCOCCOCCOC. The molecule has 0 heterocycles. The van der Waals surface area contributed by atoms with E-state index in [4.69, 9.17) is 37.5 Å². The number of phosphoric ester groups is 1. The molecule has 13 nitrogen and oxygen atoms in total. The molecule has 0 aliphatic rings. The molecule has 1 unspecified atom stereocenters. The smallest absolute Gasteiger partial charge is 0.466 e. The third-order valence-electron chi connectivity index (χ3n) is 7.05. The summed E-state index contributed by atoms with van der Waals surface area (Å²) >= 11 is 0. The Kier molecular flexibility index (Phi) is 35.0. The molecule has 0 rings (SSSR count). The summed E-state index contributed by atoms with van der Waals surface area (Å²) in [5.74, 6) is -0.266. The number of esters is 1. The van der Waals surface area contributed by atoms with Crippen molar-refractivity contribution in [2.24, 2.45) is 0 Å². The molecule has 1 amide bonds. The van der Waals surface area contributed by atoms with E-state index in [1.807, 2.05) is 0 Å². The molecule has 14 heteroatoms. The Hall–Kier alpha value is -1.31. The number of nitrogens with one attached hydrogen (secondary N) is 1. The highest BCUT2D eigenvalue weighted by Crippen LogP contribution is 2.42. The summed E-state index contributed by atoms with van der Waals surface area (Å²) in [7, 11) is -2.68. The molecule has 47 heavy (non-hydrogen) atoms. The van der Waals surface area contributed by atoms with E-state index in [0.717, 1.165) is 19.3 Å². The zero-order valence-corrected chi connectivity index (χ0v) is 30.3. The number of carbonyl (C=O) groups excluding carboxylic acids is 2. The molecule has 1 atom stereocenters. The van der Waals surface area contributed by atoms with Crippen LogP contribution in [0, 0.1) is 0 Å². The average Bonchev–Trinajstić information content (AvgIpc) is 3.05. The number of unbranched alkanes of at least 4 members (excludes halogenated alkanes) is 14. The van der Waals surface area contributed by atoms with Crippen LogP contribution in [0.1, 0.15) is 116 Å². The van der Waals surface area contributed by atoms with Crippen LogP contribution in [-0.4, -0.2) is 103 Å². The highest BCUT2D eigenvalue weighted by atomic mass is 31.2. The molecule has 0 bridgehead atoms. The second-order valence-electron chi connectivity index (χ2n) is 11.3. The summed E-state index contributed by atoms with van der Waals surface area (Å²) in [6, 6.07) is 0. The van der Waals surface area contributed by atoms with Gasteiger partial charge in [0.05, 0.1) is 66.1 Å². The molecule has 0 aromatic carbocycles. The zero-order valence-electron chi connectivity index (χ0n) is 29.4. The lowest BCUT2D eigenvalue weighted by atomic mass is 10.0. The summed E-state index contributed by atoms with van der Waals surface area (Å²) in [6.07, 6.45) is 19.0. The summed E-state index contributed by atoms with van der Waals surface area (Å²) in [6.45, 7) is 4.93. The van der Waals surface area contributed by atoms with Crippen LogP contribution in [0.25, 0.3) is 0 Å². The molecule has 0 saturated heterocycles. The summed E-state index contributed by atoms with van der Waals surface area (Å²) in [4.78, 5) is 33.3. The van der Waals surface area contributed by atoms with Crippen LogP contribution < -0.4 is 5.32 Å². The van der Waals surface area contributed by atoms with Gasteiger partial charge in [0.25, 0.3) is 0 Å². The Morgan fingerprint density at radius 2 is 1.02 bits per heavy atom. The Bertz CT molecular complexity index is 746. The molecule has 0 saturated carbocycles. The molecule has 0 spiro atoms. The highest BCUT2D eigenvalue weighted by molar-refractivity contribution is 7.47. The van der Waals surface area contributed by atoms with Gasteiger partial charge in [-0.15, -0.1) is 0 Å². The van der Waals surface area contributed by atoms with Crippen molar-refractivity contribution in [2.75, 3.05) is 86.3 Å². The van der Waals surface area contributed by atoms with E-state index in [9.17, 15) is 19.0 Å². The summed E-state index contributed by atoms with van der Waals surface area (Å²) in [5, 5.41) is 2.40. The number of ether oxygens (including phenoxy) is 6. The topological polar surface area (TPSA) is 157 Å². The maximum atomic E-state index is 11.9. The quantitative estimate of drug-likeness (QED) is 0.0401. The maximum Gasteiger partial charge on any atom is 0.472 e. The monoisotopic (exact) mass is 699 g/mol. The number of methoxy groups -OCH3 is 1. The third-order valence-corrected chi connectivity index (χ3v) is 8.07. The van der Waals surface area contributed by atoms with Crippen LogP contribution in [-0.2, 0) is 46.8 Å². The second-order valence-corrected chi connectivity index (χ2v) is 12.8. The largest absolute Gasteiger partial charge is 0.472 e. The fraction of sp³-hybridized carbons (Fsp3) is 0.939. The maximum absolute atomic E-state index is 11.9. The predicted molar refractivity (Wildman–Crippen MR) is 181 cm³/mol. The lowest BCUT2D eigenvalue weighted by molar-refractivity contribution is -0.144. The first kappa shape index (κ1) is 45.7. The van der Waals surface area contributed by atoms with Crippen LogP contribution in [0.3, 0.4) is 0 Å². The number of carbonyl (C=O) groups is 2. The molecule has 280 valence electrons. The molecule has 2 N–H and O–H groups in total. The van der Waals surface area contributed by atoms with E-state index in [2.05, 4.69) is 12.2 Å². The van der Waals surface area contributed by atoms with Crippen LogP contribution in [0.2, 0.25) is 0 Å². The number of alkyl carbamates (subject to hydrolysis) is 1. The predicted octanol–water partition coefficient (Wildman–Crippen LogP) is 6.74. The molecule has 0 radical (unpaired) electrons. The van der Waals surface area contributed by atoms with Crippen LogP contribution >= 0.6 is 7.82 Å². The average molecular weight is 700 g/mol. The van der Waals surface area contributed by atoms with Crippen molar-refractivity contribution in [3.63, 3.8) is 0 Å². The van der Waals surface area contributed by atoms with Crippen molar-refractivity contribution in [1.29, 1.82) is 0 Å². The van der Waals surface area contributed by atoms with Crippen molar-refractivity contribution in [2.45, 2.75) is 116 Å². The minimum absolute atomic E-state index is 0.0402. The zero-order chi connectivity index (χ0) is 34.5. The Morgan fingerprint density at radius 1 is 0.553 bits per heavy atom. The third kappa shape index (κ3) is 37.4. The van der Waals surface area contributed by atoms with Gasteiger partial charge in [-0.05, 0) is 6.42 Å². The number of hydrogen-bond acceptors (Lipinski definition) is 11. The molecular weight excluding hydrogens is 633 g/mol. The lowest BCUT2D eigenvalue weighted by Crippen LogP contribution is -2.29. The van der Waals surface area contributed by atoms with E-state index in [0.29, 0.717) is 46.1 Å². The van der Waals surface area contributed by atoms with Crippen molar-refractivity contribution in [1.82, 2.24) is 5.32 Å². The Balaban J connectivity index is 3.46. The second kappa shape index (κ2) is 36.0. The van der Waals surface area contributed by atoms with E-state index in [-0.39, 0.29) is 52.0 Å². The van der Waals surface area contributed by atoms with Gasteiger partial charge in [-0.25, -0.2) is 9.36 Å². The number of phosphoric acid groups is 1. The minimum Gasteiger partial charge on any atom is -0.466 e. The summed E-state index contributed by atoms with van der Waals surface area (Å²) in [5.41, 5.74) is 0. The van der Waals surface area contributed by atoms with Gasteiger partial charge < -0.3 is 38.6 Å². The van der Waals surface area contributed by atoms with Crippen molar-refractivity contribution < 1.29 is 56.5 Å². The van der Waals surface area contributed by atoms with E-state index >= 15 is 0 Å². The van der Waals surface area contributed by atoms with Crippen LogP contribution in [0.4, 0.5) is 4.79 Å². The number of hydrogen-bond donors (Lipinski definition) is 2. The fourth-order valence-corrected chi connectivity index (χ4v) is 5.17. The molecule has 0 aromatic rings. The van der Waals surface area contributed by atoms with Gasteiger partial charge in [0.2, 0.25) is 0 Å². The lowest BCUT2D eigenvalue weighted by Gasteiger charge is -2.13. The Morgan fingerprint density at radius 3 is 1.55 bits per heavy atom. The van der Waals surface area contributed by atoms with Crippen LogP contribution in [0.5, 0.6) is 0 Å². The van der Waals surface area contributed by atoms with Crippen molar-refractivity contribution in [3.05, 3.63) is 0 Å². The molecular formula is C33H66NO12P. The first-order chi connectivity index (χ1) is 22.9. The van der Waals surface area contributed by atoms with Crippen molar-refractivity contribution >= 4 is 19.9 Å². The summed E-state index contributed by atoms with van der Waals surface area (Å²) < 4.78 is 52.5. The normalized spacial score (nSPS) is 12.6. The standard InChI is InChI=1S/C33H66NO12P/c1-3-4-5-6-7-8-9-10-11-12-13-14-15-16-17-19-32(35)43-21-18-22-45-47(37,38)46-23-20-34-33(36)44-31-30-42-29-28-41-27-26-40-25-24-39-2/h3-31H2,1-2H3,(H,34,36)(H,37,38). The van der Waals surface area contributed by atoms with Gasteiger partial charge in [0.15, 0.2) is 0 Å². The highest BCUT2D eigenvalue weighted by Gasteiger charge is 2.20. The molecule has 0 aromatic heterocycles. The van der Waals surface area contributed by atoms with Gasteiger partial charge in [0.1, 0.15) is 6.61 Å². The van der Waals surface area contributed by atoms with E-state index in [1.165, 1.54) is 77.0 Å². The van der Waals surface area contributed by atoms with Crippen molar-refractivity contribution in [3.8, 4) is 0 Å². The number of rotatable bonds is 37. The van der Waals surface area contributed by atoms with Gasteiger partial charge >= 0.3 is 19.9 Å². The van der Waals surface area contributed by atoms with E-state index < -0.39 is 13.9 Å². The minimum atomic E-state index is -4.29. The molecule has 0 aliphatic heterocycles. The van der Waals surface area contributed by atoms with Gasteiger partial charge in [-0.2, -0.15) is 0 Å². The fourth-order valence-electron chi connectivity index (χ4n) is 4.42. The Labute approximate surface area is 284 Å². The van der Waals surface area contributed by atoms with Gasteiger partial charge in [-0.1, -0.05) is 96.8 Å². The van der Waals surface area contributed by atoms with Gasteiger partial charge in [0, 0.05) is 26.5 Å². The molecule has 0 fully saturated rings.